The van der Waals surface area contributed by atoms with Gasteiger partial charge in [-0.05, 0) is 92.6 Å². The lowest BCUT2D eigenvalue weighted by Crippen LogP contribution is -2.09. The number of azo groups is 1. The van der Waals surface area contributed by atoms with Crippen molar-refractivity contribution in [1.29, 1.82) is 0 Å². The Morgan fingerprint density at radius 1 is 0.711 bits per heavy atom. The van der Waals surface area contributed by atoms with E-state index in [0.717, 1.165) is 17.7 Å². The van der Waals surface area contributed by atoms with Crippen molar-refractivity contribution in [2.75, 3.05) is 13.2 Å². The number of nitrogens with zero attached hydrogens (tertiary/aromatic N) is 2. The third-order valence-electron chi connectivity index (χ3n) is 5.88. The van der Waals surface area contributed by atoms with Crippen LogP contribution >= 0.6 is 0 Å². The molecule has 0 aromatic heterocycles. The van der Waals surface area contributed by atoms with E-state index in [-0.39, 0.29) is 5.97 Å². The molecule has 0 aliphatic carbocycles. The summed E-state index contributed by atoms with van der Waals surface area (Å²) in [5.41, 5.74) is 2.88. The Balaban J connectivity index is 1.50. The molecule has 3 rings (SSSR count). The van der Waals surface area contributed by atoms with Crippen LogP contribution in [0.4, 0.5) is 11.4 Å². The van der Waals surface area contributed by atoms with Crippen molar-refractivity contribution < 1.29 is 23.8 Å². The van der Waals surface area contributed by atoms with E-state index in [2.05, 4.69) is 17.2 Å². The zero-order valence-electron chi connectivity index (χ0n) is 22.4. The highest BCUT2D eigenvalue weighted by Crippen LogP contribution is 2.26. The maximum atomic E-state index is 12.6. The van der Waals surface area contributed by atoms with Crippen molar-refractivity contribution in [3.8, 4) is 11.5 Å². The molecule has 0 amide bonds. The highest BCUT2D eigenvalue weighted by molar-refractivity contribution is 5.91. The Hall–Kier alpha value is -4.00. The van der Waals surface area contributed by atoms with E-state index in [9.17, 15) is 9.59 Å². The van der Waals surface area contributed by atoms with Crippen LogP contribution in [0.25, 0.3) is 0 Å². The van der Waals surface area contributed by atoms with E-state index in [4.69, 9.17) is 14.2 Å². The summed E-state index contributed by atoms with van der Waals surface area (Å²) in [6, 6.07) is 18.9. The van der Waals surface area contributed by atoms with Crippen LogP contribution in [0.1, 0.15) is 78.7 Å². The first kappa shape index (κ1) is 28.6. The van der Waals surface area contributed by atoms with Crippen LogP contribution in [-0.2, 0) is 4.74 Å². The van der Waals surface area contributed by atoms with Gasteiger partial charge < -0.3 is 14.2 Å². The molecule has 0 atom stereocenters. The molecule has 0 unspecified atom stereocenters. The summed E-state index contributed by atoms with van der Waals surface area (Å²) in [4.78, 5) is 24.4. The minimum atomic E-state index is -0.438. The molecule has 7 nitrogen and oxygen atoms in total. The second kappa shape index (κ2) is 15.3. The third-order valence-corrected chi connectivity index (χ3v) is 5.88. The number of benzene rings is 3. The van der Waals surface area contributed by atoms with Gasteiger partial charge in [-0.25, -0.2) is 9.59 Å². The zero-order chi connectivity index (χ0) is 27.2. The van der Waals surface area contributed by atoms with E-state index < -0.39 is 5.97 Å². The maximum absolute atomic E-state index is 12.6. The van der Waals surface area contributed by atoms with Gasteiger partial charge in [0.2, 0.25) is 0 Å². The van der Waals surface area contributed by atoms with Crippen molar-refractivity contribution in [3.05, 3.63) is 83.4 Å². The van der Waals surface area contributed by atoms with Crippen molar-refractivity contribution >= 4 is 23.3 Å². The molecule has 0 aliphatic heterocycles. The Kier molecular flexibility index (Phi) is 11.5. The quantitative estimate of drug-likeness (QED) is 0.0927. The largest absolute Gasteiger partial charge is 0.494 e. The molecule has 0 saturated carbocycles. The van der Waals surface area contributed by atoms with Gasteiger partial charge >= 0.3 is 11.9 Å². The molecule has 0 bridgehead atoms. The lowest BCUT2D eigenvalue weighted by Gasteiger charge is -2.09. The molecular formula is C31H36N2O5. The van der Waals surface area contributed by atoms with E-state index in [1.165, 1.54) is 32.1 Å². The topological polar surface area (TPSA) is 86.5 Å². The highest BCUT2D eigenvalue weighted by atomic mass is 16.5. The van der Waals surface area contributed by atoms with E-state index >= 15 is 0 Å². The summed E-state index contributed by atoms with van der Waals surface area (Å²) >= 11 is 0. The second-order valence-corrected chi connectivity index (χ2v) is 8.95. The van der Waals surface area contributed by atoms with Gasteiger partial charge in [-0.15, -0.1) is 0 Å². The molecule has 0 fully saturated rings. The zero-order valence-corrected chi connectivity index (χ0v) is 22.4. The molecule has 38 heavy (non-hydrogen) atoms. The smallest absolute Gasteiger partial charge is 0.343 e. The van der Waals surface area contributed by atoms with Crippen LogP contribution in [0.2, 0.25) is 0 Å². The van der Waals surface area contributed by atoms with Crippen molar-refractivity contribution in [1.82, 2.24) is 0 Å². The van der Waals surface area contributed by atoms with Crippen LogP contribution < -0.4 is 9.47 Å². The Morgan fingerprint density at radius 2 is 1.32 bits per heavy atom. The summed E-state index contributed by atoms with van der Waals surface area (Å²) in [7, 11) is 0. The van der Waals surface area contributed by atoms with Crippen molar-refractivity contribution in [2.24, 2.45) is 10.2 Å². The molecule has 7 heteroatoms. The molecule has 0 radical (unpaired) electrons. The molecule has 3 aromatic carbocycles. The van der Waals surface area contributed by atoms with E-state index in [0.29, 0.717) is 41.5 Å². The van der Waals surface area contributed by atoms with Crippen LogP contribution in [0, 0.1) is 6.92 Å². The molecule has 0 heterocycles. The number of carbonyl (C=O) groups is 2. The fourth-order valence-electron chi connectivity index (χ4n) is 3.72. The van der Waals surface area contributed by atoms with E-state index in [1.807, 2.05) is 6.92 Å². The predicted octanol–water partition coefficient (Wildman–Crippen LogP) is 8.55. The van der Waals surface area contributed by atoms with Gasteiger partial charge in [0.1, 0.15) is 11.5 Å². The summed E-state index contributed by atoms with van der Waals surface area (Å²) < 4.78 is 16.4. The van der Waals surface area contributed by atoms with Gasteiger partial charge in [-0.2, -0.15) is 10.2 Å². The normalized spacial score (nSPS) is 10.9. The van der Waals surface area contributed by atoms with Crippen LogP contribution in [0.15, 0.2) is 77.0 Å². The molecule has 0 saturated heterocycles. The van der Waals surface area contributed by atoms with Gasteiger partial charge in [0.15, 0.2) is 0 Å². The summed E-state index contributed by atoms with van der Waals surface area (Å²) in [6.07, 6.45) is 7.28. The maximum Gasteiger partial charge on any atom is 0.343 e. The second-order valence-electron chi connectivity index (χ2n) is 8.95. The highest BCUT2D eigenvalue weighted by Gasteiger charge is 2.11. The minimum Gasteiger partial charge on any atom is -0.494 e. The molecule has 0 aliphatic rings. The SMILES string of the molecule is CCCCCCCCOc1ccc(C(=O)Oc2ccc(N=Nc3ccc(C(=O)OCC)cc3)cc2C)cc1. The van der Waals surface area contributed by atoms with Crippen molar-refractivity contribution in [2.45, 2.75) is 59.3 Å². The number of hydrogen-bond donors (Lipinski definition) is 0. The number of esters is 2. The number of aryl methyl sites for hydroxylation is 1. The fourth-order valence-corrected chi connectivity index (χ4v) is 3.72. The van der Waals surface area contributed by atoms with Gasteiger partial charge in [0.05, 0.1) is 35.7 Å². The molecular weight excluding hydrogens is 480 g/mol. The standard InChI is InChI=1S/C31H36N2O5/c1-4-6-7-8-9-10-21-37-28-18-13-25(14-19-28)31(35)38-29-20-17-27(22-23(29)3)33-32-26-15-11-24(12-16-26)30(34)36-5-2/h11-20,22H,4-10,21H2,1-3H3. The Labute approximate surface area is 224 Å². The van der Waals surface area contributed by atoms with Gasteiger partial charge in [0, 0.05) is 0 Å². The average Bonchev–Trinajstić information content (AvgIpc) is 2.93. The van der Waals surface area contributed by atoms with Gasteiger partial charge in [-0.3, -0.25) is 0 Å². The molecule has 200 valence electrons. The third kappa shape index (κ3) is 9.14. The lowest BCUT2D eigenvalue weighted by molar-refractivity contribution is 0.0526. The van der Waals surface area contributed by atoms with Crippen LogP contribution in [0.3, 0.4) is 0 Å². The number of carbonyl (C=O) groups excluding carboxylic acids is 2. The monoisotopic (exact) mass is 516 g/mol. The molecule has 3 aromatic rings. The number of rotatable bonds is 14. The molecule has 0 N–H and O–H groups in total. The van der Waals surface area contributed by atoms with E-state index in [1.54, 1.807) is 73.7 Å². The predicted molar refractivity (Wildman–Crippen MR) is 148 cm³/mol. The summed E-state index contributed by atoms with van der Waals surface area (Å²) in [5, 5.41) is 8.45. The van der Waals surface area contributed by atoms with Gasteiger partial charge in [0.25, 0.3) is 0 Å². The average molecular weight is 517 g/mol. The molecule has 0 spiro atoms. The summed E-state index contributed by atoms with van der Waals surface area (Å²) in [6.45, 7) is 6.82. The van der Waals surface area contributed by atoms with Crippen LogP contribution in [0.5, 0.6) is 11.5 Å². The van der Waals surface area contributed by atoms with Crippen LogP contribution in [-0.4, -0.2) is 25.2 Å². The van der Waals surface area contributed by atoms with Crippen molar-refractivity contribution in [3.63, 3.8) is 0 Å². The first-order valence-electron chi connectivity index (χ1n) is 13.2. The number of unbranched alkanes of at least 4 members (excludes halogenated alkanes) is 5. The fraction of sp³-hybridized carbons (Fsp3) is 0.355. The van der Waals surface area contributed by atoms with Gasteiger partial charge in [-0.1, -0.05) is 39.0 Å². The Morgan fingerprint density at radius 3 is 2.00 bits per heavy atom. The lowest BCUT2D eigenvalue weighted by atomic mass is 10.1. The summed E-state index contributed by atoms with van der Waals surface area (Å²) in [5.74, 6) is 0.392. The first-order valence-corrected chi connectivity index (χ1v) is 13.2. The first-order chi connectivity index (χ1) is 18.5. The Bertz CT molecular complexity index is 1200. The number of ether oxygens (including phenoxy) is 3. The minimum absolute atomic E-state index is 0.325. The number of hydrogen-bond acceptors (Lipinski definition) is 7.